The Morgan fingerprint density at radius 2 is 1.80 bits per heavy atom. The van der Waals surface area contributed by atoms with Crippen LogP contribution in [0.4, 0.5) is 0 Å². The highest BCUT2D eigenvalue weighted by atomic mass is 127. The van der Waals surface area contributed by atoms with E-state index in [1.807, 2.05) is 0 Å². The van der Waals surface area contributed by atoms with Crippen LogP contribution >= 0.6 is 38.5 Å². The van der Waals surface area contributed by atoms with Crippen LogP contribution in [0.25, 0.3) is 0 Å². The van der Waals surface area contributed by atoms with Gasteiger partial charge in [-0.25, -0.2) is 0 Å². The van der Waals surface area contributed by atoms with E-state index in [0.29, 0.717) is 0 Å². The summed E-state index contributed by atoms with van der Waals surface area (Å²) >= 11 is 5.87. The first-order valence-corrected chi connectivity index (χ1v) is 7.66. The molecular formula is C12H17BrIN. The molecule has 0 radical (unpaired) electrons. The van der Waals surface area contributed by atoms with Crippen molar-refractivity contribution in [3.05, 3.63) is 34.3 Å². The monoisotopic (exact) mass is 381 g/mol. The Morgan fingerprint density at radius 3 is 2.47 bits per heavy atom. The van der Waals surface area contributed by atoms with Gasteiger partial charge < -0.3 is 5.32 Å². The predicted molar refractivity (Wildman–Crippen MR) is 78.6 cm³/mol. The van der Waals surface area contributed by atoms with Crippen molar-refractivity contribution in [2.75, 3.05) is 11.0 Å². The Bertz CT molecular complexity index is 261. The standard InChI is InChI=1S/C12H17BrIN/c13-12-6-4-11(5-7-12)10-15-9-3-1-2-8-14/h4-7,15H,1-3,8-10H2. The smallest absolute Gasteiger partial charge is 0.0205 e. The molecule has 0 unspecified atom stereocenters. The minimum atomic E-state index is 0.984. The summed E-state index contributed by atoms with van der Waals surface area (Å²) < 4.78 is 2.43. The van der Waals surface area contributed by atoms with E-state index in [9.17, 15) is 0 Å². The molecule has 1 N–H and O–H groups in total. The minimum Gasteiger partial charge on any atom is -0.313 e. The Balaban J connectivity index is 2.07. The van der Waals surface area contributed by atoms with Gasteiger partial charge in [0.1, 0.15) is 0 Å². The molecule has 0 spiro atoms. The summed E-state index contributed by atoms with van der Waals surface area (Å²) in [6, 6.07) is 8.49. The summed E-state index contributed by atoms with van der Waals surface area (Å²) in [6.45, 7) is 2.12. The lowest BCUT2D eigenvalue weighted by Gasteiger charge is -2.04. The quantitative estimate of drug-likeness (QED) is 0.425. The van der Waals surface area contributed by atoms with E-state index >= 15 is 0 Å². The lowest BCUT2D eigenvalue weighted by Crippen LogP contribution is -2.14. The van der Waals surface area contributed by atoms with Crippen molar-refractivity contribution in [2.24, 2.45) is 0 Å². The third-order valence-corrected chi connectivity index (χ3v) is 3.52. The Kier molecular flexibility index (Phi) is 7.65. The van der Waals surface area contributed by atoms with E-state index < -0.39 is 0 Å². The molecule has 84 valence electrons. The van der Waals surface area contributed by atoms with E-state index in [0.717, 1.165) is 17.6 Å². The van der Waals surface area contributed by atoms with Gasteiger partial charge >= 0.3 is 0 Å². The number of alkyl halides is 1. The van der Waals surface area contributed by atoms with E-state index in [1.165, 1.54) is 29.3 Å². The number of hydrogen-bond donors (Lipinski definition) is 1. The highest BCUT2D eigenvalue weighted by Crippen LogP contribution is 2.10. The molecule has 0 saturated carbocycles. The van der Waals surface area contributed by atoms with E-state index in [1.54, 1.807) is 0 Å². The molecule has 0 saturated heterocycles. The lowest BCUT2D eigenvalue weighted by molar-refractivity contribution is 0.620. The minimum absolute atomic E-state index is 0.984. The maximum atomic E-state index is 3.46. The summed E-state index contributed by atoms with van der Waals surface area (Å²) in [5, 5.41) is 3.46. The van der Waals surface area contributed by atoms with Crippen LogP contribution in [0.5, 0.6) is 0 Å². The summed E-state index contributed by atoms with van der Waals surface area (Å²) in [4.78, 5) is 0. The van der Waals surface area contributed by atoms with Crippen LogP contribution in [0.15, 0.2) is 28.7 Å². The molecule has 0 aromatic heterocycles. The molecule has 1 rings (SSSR count). The van der Waals surface area contributed by atoms with Gasteiger partial charge in [-0.3, -0.25) is 0 Å². The zero-order valence-electron chi connectivity index (χ0n) is 8.81. The van der Waals surface area contributed by atoms with Crippen LogP contribution in [0.1, 0.15) is 24.8 Å². The molecular weight excluding hydrogens is 365 g/mol. The largest absolute Gasteiger partial charge is 0.313 e. The Labute approximate surface area is 114 Å². The van der Waals surface area contributed by atoms with Gasteiger partial charge in [-0.15, -0.1) is 0 Å². The molecule has 0 aliphatic heterocycles. The Morgan fingerprint density at radius 1 is 1.07 bits per heavy atom. The molecule has 15 heavy (non-hydrogen) atoms. The molecule has 0 heterocycles. The van der Waals surface area contributed by atoms with Crippen LogP contribution in [0.2, 0.25) is 0 Å². The van der Waals surface area contributed by atoms with E-state index in [4.69, 9.17) is 0 Å². The maximum Gasteiger partial charge on any atom is 0.0205 e. The SMILES string of the molecule is Brc1ccc(CNCCCCCI)cc1. The highest BCUT2D eigenvalue weighted by Gasteiger charge is 1.92. The second-order valence-electron chi connectivity index (χ2n) is 3.55. The number of rotatable bonds is 7. The van der Waals surface area contributed by atoms with E-state index in [-0.39, 0.29) is 0 Å². The van der Waals surface area contributed by atoms with Gasteiger partial charge in [0.25, 0.3) is 0 Å². The van der Waals surface area contributed by atoms with Crippen LogP contribution in [0, 0.1) is 0 Å². The van der Waals surface area contributed by atoms with Crippen LogP contribution in [-0.4, -0.2) is 11.0 Å². The van der Waals surface area contributed by atoms with Crippen molar-refractivity contribution in [3.8, 4) is 0 Å². The van der Waals surface area contributed by atoms with Crippen LogP contribution in [-0.2, 0) is 6.54 Å². The predicted octanol–water partition coefficient (Wildman–Crippen LogP) is 4.14. The van der Waals surface area contributed by atoms with Gasteiger partial charge in [-0.2, -0.15) is 0 Å². The molecule has 0 bridgehead atoms. The molecule has 0 amide bonds. The molecule has 1 nitrogen and oxygen atoms in total. The summed E-state index contributed by atoms with van der Waals surface area (Å²) in [7, 11) is 0. The fraction of sp³-hybridized carbons (Fsp3) is 0.500. The van der Waals surface area contributed by atoms with Gasteiger partial charge in [0, 0.05) is 11.0 Å². The average molecular weight is 382 g/mol. The van der Waals surface area contributed by atoms with Gasteiger partial charge in [0.15, 0.2) is 0 Å². The van der Waals surface area contributed by atoms with Crippen molar-refractivity contribution >= 4 is 38.5 Å². The first-order valence-electron chi connectivity index (χ1n) is 5.34. The molecule has 0 fully saturated rings. The molecule has 0 aliphatic rings. The van der Waals surface area contributed by atoms with Crippen molar-refractivity contribution < 1.29 is 0 Å². The second kappa shape index (κ2) is 8.53. The fourth-order valence-electron chi connectivity index (χ4n) is 1.36. The van der Waals surface area contributed by atoms with Gasteiger partial charge in [-0.1, -0.05) is 57.1 Å². The zero-order chi connectivity index (χ0) is 10.9. The summed E-state index contributed by atoms with van der Waals surface area (Å²) in [6.07, 6.45) is 3.98. The third-order valence-electron chi connectivity index (χ3n) is 2.23. The molecule has 1 aromatic carbocycles. The molecule has 1 aromatic rings. The fourth-order valence-corrected chi connectivity index (χ4v) is 2.16. The van der Waals surface area contributed by atoms with Crippen molar-refractivity contribution in [3.63, 3.8) is 0 Å². The molecule has 0 aliphatic carbocycles. The maximum absolute atomic E-state index is 3.46. The second-order valence-corrected chi connectivity index (χ2v) is 5.55. The first kappa shape index (κ1) is 13.5. The number of unbranched alkanes of at least 4 members (excludes halogenated alkanes) is 2. The van der Waals surface area contributed by atoms with Crippen LogP contribution < -0.4 is 5.32 Å². The van der Waals surface area contributed by atoms with Crippen molar-refractivity contribution in [1.29, 1.82) is 0 Å². The lowest BCUT2D eigenvalue weighted by atomic mass is 10.2. The topological polar surface area (TPSA) is 12.0 Å². The number of nitrogens with one attached hydrogen (secondary N) is 1. The molecule has 0 atom stereocenters. The van der Waals surface area contributed by atoms with Crippen molar-refractivity contribution in [2.45, 2.75) is 25.8 Å². The summed E-state index contributed by atoms with van der Waals surface area (Å²) in [5.74, 6) is 0. The van der Waals surface area contributed by atoms with Crippen LogP contribution in [0.3, 0.4) is 0 Å². The van der Waals surface area contributed by atoms with Crippen molar-refractivity contribution in [1.82, 2.24) is 5.32 Å². The number of hydrogen-bond acceptors (Lipinski definition) is 1. The van der Waals surface area contributed by atoms with Gasteiger partial charge in [0.05, 0.1) is 0 Å². The first-order chi connectivity index (χ1) is 7.33. The van der Waals surface area contributed by atoms with E-state index in [2.05, 4.69) is 68.1 Å². The van der Waals surface area contributed by atoms with Gasteiger partial charge in [-0.05, 0) is 41.5 Å². The number of halogens is 2. The highest BCUT2D eigenvalue weighted by molar-refractivity contribution is 14.1. The Hall–Kier alpha value is 0.390. The summed E-state index contributed by atoms with van der Waals surface area (Å²) in [5.41, 5.74) is 1.35. The normalized spacial score (nSPS) is 10.5. The molecule has 3 heteroatoms. The number of benzene rings is 1. The van der Waals surface area contributed by atoms with Gasteiger partial charge in [0.2, 0.25) is 0 Å². The average Bonchev–Trinajstić information content (AvgIpc) is 2.26. The zero-order valence-corrected chi connectivity index (χ0v) is 12.6. The third kappa shape index (κ3) is 6.53.